The van der Waals surface area contributed by atoms with Crippen molar-refractivity contribution < 1.29 is 9.59 Å². The second-order valence-corrected chi connectivity index (χ2v) is 6.99. The molecule has 1 saturated carbocycles. The van der Waals surface area contributed by atoms with Crippen LogP contribution in [0.25, 0.3) is 0 Å². The standard InChI is InChI=1S/C21H26N4O2/c1-15-8-5-6-13-19(15)25-21(27)24-18-12-7-11-17(14-18)23-20(26)22-16-9-3-2-4-10-16/h2-4,7,9-12,14-15,19H,5-6,8,13H2,1H3,(H2,22,23,26)(H2,24,25,27). The van der Waals surface area contributed by atoms with Crippen LogP contribution in [0.1, 0.15) is 32.6 Å². The first-order valence-corrected chi connectivity index (χ1v) is 9.41. The molecule has 1 fully saturated rings. The largest absolute Gasteiger partial charge is 0.335 e. The van der Waals surface area contributed by atoms with Crippen molar-refractivity contribution in [2.75, 3.05) is 16.0 Å². The van der Waals surface area contributed by atoms with Gasteiger partial charge in [-0.05, 0) is 49.1 Å². The average Bonchev–Trinajstić information content (AvgIpc) is 2.64. The minimum atomic E-state index is -0.334. The number of hydrogen-bond acceptors (Lipinski definition) is 2. The van der Waals surface area contributed by atoms with Gasteiger partial charge in [0.25, 0.3) is 0 Å². The molecule has 142 valence electrons. The molecule has 6 heteroatoms. The zero-order valence-corrected chi connectivity index (χ0v) is 15.5. The van der Waals surface area contributed by atoms with E-state index in [0.717, 1.165) is 19.3 Å². The van der Waals surface area contributed by atoms with Crippen molar-refractivity contribution >= 4 is 29.1 Å². The van der Waals surface area contributed by atoms with E-state index in [1.165, 1.54) is 6.42 Å². The lowest BCUT2D eigenvalue weighted by Crippen LogP contribution is -2.43. The molecular weight excluding hydrogens is 340 g/mol. The number of carbonyl (C=O) groups excluding carboxylic acids is 2. The fourth-order valence-corrected chi connectivity index (χ4v) is 3.36. The molecule has 2 atom stereocenters. The van der Waals surface area contributed by atoms with Gasteiger partial charge in [-0.3, -0.25) is 0 Å². The van der Waals surface area contributed by atoms with Gasteiger partial charge < -0.3 is 21.3 Å². The van der Waals surface area contributed by atoms with Gasteiger partial charge in [0.15, 0.2) is 0 Å². The number of hydrogen-bond donors (Lipinski definition) is 4. The van der Waals surface area contributed by atoms with Crippen molar-refractivity contribution in [1.82, 2.24) is 5.32 Å². The molecule has 4 amide bonds. The highest BCUT2D eigenvalue weighted by Crippen LogP contribution is 2.24. The molecule has 6 nitrogen and oxygen atoms in total. The molecule has 0 bridgehead atoms. The summed E-state index contributed by atoms with van der Waals surface area (Å²) in [7, 11) is 0. The highest BCUT2D eigenvalue weighted by atomic mass is 16.2. The van der Waals surface area contributed by atoms with Gasteiger partial charge in [-0.25, -0.2) is 9.59 Å². The first kappa shape index (κ1) is 18.8. The summed E-state index contributed by atoms with van der Waals surface area (Å²) in [5.41, 5.74) is 1.95. The molecule has 0 saturated heterocycles. The van der Waals surface area contributed by atoms with Crippen LogP contribution in [0.2, 0.25) is 0 Å². The van der Waals surface area contributed by atoms with Crippen LogP contribution in [0.3, 0.4) is 0 Å². The first-order chi connectivity index (χ1) is 13.1. The van der Waals surface area contributed by atoms with E-state index in [-0.39, 0.29) is 18.1 Å². The van der Waals surface area contributed by atoms with Gasteiger partial charge in [0.1, 0.15) is 0 Å². The van der Waals surface area contributed by atoms with Gasteiger partial charge in [0.05, 0.1) is 0 Å². The van der Waals surface area contributed by atoms with E-state index in [0.29, 0.717) is 23.0 Å². The summed E-state index contributed by atoms with van der Waals surface area (Å²) < 4.78 is 0. The van der Waals surface area contributed by atoms with Crippen molar-refractivity contribution in [3.63, 3.8) is 0 Å². The van der Waals surface area contributed by atoms with Crippen LogP contribution in [0, 0.1) is 5.92 Å². The lowest BCUT2D eigenvalue weighted by atomic mass is 9.86. The van der Waals surface area contributed by atoms with Crippen LogP contribution in [0.4, 0.5) is 26.7 Å². The maximum Gasteiger partial charge on any atom is 0.323 e. The second-order valence-electron chi connectivity index (χ2n) is 6.99. The molecule has 0 aliphatic heterocycles. The molecule has 27 heavy (non-hydrogen) atoms. The first-order valence-electron chi connectivity index (χ1n) is 9.41. The Morgan fingerprint density at radius 1 is 0.778 bits per heavy atom. The van der Waals surface area contributed by atoms with E-state index in [4.69, 9.17) is 0 Å². The number of anilines is 3. The van der Waals surface area contributed by atoms with Crippen LogP contribution in [0.5, 0.6) is 0 Å². The van der Waals surface area contributed by atoms with E-state index in [2.05, 4.69) is 28.2 Å². The third-order valence-electron chi connectivity index (χ3n) is 4.84. The van der Waals surface area contributed by atoms with Crippen LogP contribution in [0.15, 0.2) is 54.6 Å². The van der Waals surface area contributed by atoms with Gasteiger partial charge in [0, 0.05) is 23.1 Å². The number of benzene rings is 2. The summed E-state index contributed by atoms with van der Waals surface area (Å²) in [6, 6.07) is 16.0. The highest BCUT2D eigenvalue weighted by molar-refractivity contribution is 6.00. The van der Waals surface area contributed by atoms with E-state index >= 15 is 0 Å². The molecule has 3 rings (SSSR count). The number of urea groups is 2. The quantitative estimate of drug-likeness (QED) is 0.612. The lowest BCUT2D eigenvalue weighted by Gasteiger charge is -2.29. The minimum Gasteiger partial charge on any atom is -0.335 e. The van der Waals surface area contributed by atoms with Crippen LogP contribution >= 0.6 is 0 Å². The fraction of sp³-hybridized carbons (Fsp3) is 0.333. The van der Waals surface area contributed by atoms with Crippen molar-refractivity contribution in [3.05, 3.63) is 54.6 Å². The summed E-state index contributed by atoms with van der Waals surface area (Å²) in [4.78, 5) is 24.4. The normalized spacial score (nSPS) is 19.0. The van der Waals surface area contributed by atoms with Gasteiger partial charge in [0.2, 0.25) is 0 Å². The monoisotopic (exact) mass is 366 g/mol. The molecule has 2 unspecified atom stereocenters. The molecule has 0 aromatic heterocycles. The summed E-state index contributed by atoms with van der Waals surface area (Å²) in [6.07, 6.45) is 4.57. The Balaban J connectivity index is 1.53. The topological polar surface area (TPSA) is 82.3 Å². The number of rotatable bonds is 4. The third kappa shape index (κ3) is 5.74. The SMILES string of the molecule is CC1CCCCC1NC(=O)Nc1cccc(NC(=O)Nc2ccccc2)c1. The van der Waals surface area contributed by atoms with Gasteiger partial charge in [-0.1, -0.05) is 44.0 Å². The molecule has 4 N–H and O–H groups in total. The lowest BCUT2D eigenvalue weighted by molar-refractivity contribution is 0.232. The summed E-state index contributed by atoms with van der Waals surface area (Å²) >= 11 is 0. The summed E-state index contributed by atoms with van der Waals surface area (Å²) in [5.74, 6) is 0.499. The van der Waals surface area contributed by atoms with Gasteiger partial charge >= 0.3 is 12.1 Å². The molecule has 2 aromatic carbocycles. The third-order valence-corrected chi connectivity index (χ3v) is 4.84. The average molecular weight is 366 g/mol. The van der Waals surface area contributed by atoms with Gasteiger partial charge in [-0.15, -0.1) is 0 Å². The molecule has 1 aliphatic carbocycles. The van der Waals surface area contributed by atoms with Crippen molar-refractivity contribution in [1.29, 1.82) is 0 Å². The predicted molar refractivity (Wildman–Crippen MR) is 109 cm³/mol. The summed E-state index contributed by atoms with van der Waals surface area (Å²) in [6.45, 7) is 2.18. The Hall–Kier alpha value is -3.02. The Labute approximate surface area is 159 Å². The fourth-order valence-electron chi connectivity index (χ4n) is 3.36. The van der Waals surface area contributed by atoms with Crippen molar-refractivity contribution in [2.45, 2.75) is 38.6 Å². The Morgan fingerprint density at radius 3 is 2.07 bits per heavy atom. The van der Waals surface area contributed by atoms with E-state index in [1.807, 2.05) is 30.3 Å². The Kier molecular flexibility index (Phi) is 6.30. The molecule has 0 heterocycles. The van der Waals surface area contributed by atoms with Crippen molar-refractivity contribution in [3.8, 4) is 0 Å². The zero-order valence-electron chi connectivity index (χ0n) is 15.5. The second kappa shape index (κ2) is 9.07. The van der Waals surface area contributed by atoms with Crippen molar-refractivity contribution in [2.24, 2.45) is 5.92 Å². The molecule has 2 aromatic rings. The van der Waals surface area contributed by atoms with Crippen LogP contribution in [-0.2, 0) is 0 Å². The van der Waals surface area contributed by atoms with E-state index < -0.39 is 0 Å². The number of nitrogens with one attached hydrogen (secondary N) is 4. The smallest absolute Gasteiger partial charge is 0.323 e. The molecule has 1 aliphatic rings. The van der Waals surface area contributed by atoms with E-state index in [1.54, 1.807) is 24.3 Å². The van der Waals surface area contributed by atoms with Crippen LogP contribution < -0.4 is 21.3 Å². The Bertz CT molecular complexity index is 779. The van der Waals surface area contributed by atoms with E-state index in [9.17, 15) is 9.59 Å². The highest BCUT2D eigenvalue weighted by Gasteiger charge is 2.22. The maximum atomic E-state index is 12.3. The van der Waals surface area contributed by atoms with Gasteiger partial charge in [-0.2, -0.15) is 0 Å². The maximum absolute atomic E-state index is 12.3. The molecule has 0 spiro atoms. The van der Waals surface area contributed by atoms with Crippen LogP contribution in [-0.4, -0.2) is 18.1 Å². The Morgan fingerprint density at radius 2 is 1.37 bits per heavy atom. The zero-order chi connectivity index (χ0) is 19.1. The molecule has 0 radical (unpaired) electrons. The number of para-hydroxylation sites is 1. The summed E-state index contributed by atoms with van der Waals surface area (Å²) in [5, 5.41) is 11.4. The number of amides is 4. The number of carbonyl (C=O) groups is 2. The predicted octanol–water partition coefficient (Wildman–Crippen LogP) is 5.03. The minimum absolute atomic E-state index is 0.209. The molecular formula is C21H26N4O2.